The highest BCUT2D eigenvalue weighted by Gasteiger charge is 2.31. The third kappa shape index (κ3) is 4.86. The van der Waals surface area contributed by atoms with Gasteiger partial charge in [0.25, 0.3) is 5.91 Å². The normalized spacial score (nSPS) is 17.2. The number of fused-ring (bicyclic) bond motifs is 1. The molecular weight excluding hydrogens is 409 g/mol. The molecule has 2 aromatic rings. The maximum Gasteiger partial charge on any atom is 0.255 e. The van der Waals surface area contributed by atoms with E-state index in [0.717, 1.165) is 53.8 Å². The molecule has 1 saturated heterocycles. The Bertz CT molecular complexity index is 857. The van der Waals surface area contributed by atoms with Gasteiger partial charge in [0.05, 0.1) is 22.2 Å². The predicted octanol–water partition coefficient (Wildman–Crippen LogP) is 4.42. The molecule has 0 aliphatic carbocycles. The number of likely N-dealkylation sites (tertiary alicyclic amines) is 1. The summed E-state index contributed by atoms with van der Waals surface area (Å²) in [6, 6.07) is 2.09. The lowest BCUT2D eigenvalue weighted by Crippen LogP contribution is -2.47. The molecule has 0 saturated carbocycles. The first kappa shape index (κ1) is 25.7. The molecule has 1 atom stereocenters. The Kier molecular flexibility index (Phi) is 8.52. The Labute approximate surface area is 186 Å². The molecule has 2 aromatic heterocycles. The molecule has 1 fully saturated rings. The summed E-state index contributed by atoms with van der Waals surface area (Å²) in [6.45, 7) is 13.8. The van der Waals surface area contributed by atoms with Crippen molar-refractivity contribution in [3.05, 3.63) is 23.0 Å². The molecule has 1 unspecified atom stereocenters. The summed E-state index contributed by atoms with van der Waals surface area (Å²) in [4.78, 5) is 20.4. The molecule has 1 aliphatic heterocycles. The number of carbonyl (C=O) groups is 1. The molecule has 29 heavy (non-hydrogen) atoms. The fraction of sp³-hybridized carbons (Fsp3) is 0.667. The fourth-order valence-corrected chi connectivity index (χ4v) is 3.91. The number of amides is 1. The van der Waals surface area contributed by atoms with Gasteiger partial charge in [-0.3, -0.25) is 4.79 Å². The lowest BCUT2D eigenvalue weighted by atomic mass is 9.98. The standard InChI is InChI=1S/C21H33N5O.2ClH/c1-13(2)17-11-16(20(27)25-10-8-7-9-15(25)12-22)18-14(3)24-26(19(18)23-17)21(4,5)6;;/h11,13,15H,7-10,12,22H2,1-6H3;2*1H. The van der Waals surface area contributed by atoms with Crippen molar-refractivity contribution in [2.75, 3.05) is 13.1 Å². The zero-order valence-electron chi connectivity index (χ0n) is 18.4. The average molecular weight is 444 g/mol. The highest BCUT2D eigenvalue weighted by atomic mass is 35.5. The third-order valence-electron chi connectivity index (χ3n) is 5.45. The van der Waals surface area contributed by atoms with E-state index in [1.54, 1.807) is 0 Å². The van der Waals surface area contributed by atoms with Crippen LogP contribution in [0.15, 0.2) is 6.07 Å². The molecule has 2 N–H and O–H groups in total. The predicted molar refractivity (Wildman–Crippen MR) is 124 cm³/mol. The first-order chi connectivity index (χ1) is 12.6. The summed E-state index contributed by atoms with van der Waals surface area (Å²) in [5.74, 6) is 0.298. The maximum absolute atomic E-state index is 13.6. The van der Waals surface area contributed by atoms with Gasteiger partial charge in [0.15, 0.2) is 5.65 Å². The van der Waals surface area contributed by atoms with Crippen molar-refractivity contribution >= 4 is 41.8 Å². The van der Waals surface area contributed by atoms with Crippen LogP contribution in [0, 0.1) is 6.92 Å². The molecule has 0 aromatic carbocycles. The van der Waals surface area contributed by atoms with E-state index in [1.807, 2.05) is 22.6 Å². The van der Waals surface area contributed by atoms with E-state index in [0.29, 0.717) is 6.54 Å². The fourth-order valence-electron chi connectivity index (χ4n) is 3.91. The topological polar surface area (TPSA) is 77.0 Å². The second-order valence-corrected chi connectivity index (χ2v) is 9.00. The van der Waals surface area contributed by atoms with Crippen molar-refractivity contribution < 1.29 is 4.79 Å². The van der Waals surface area contributed by atoms with Crippen molar-refractivity contribution in [1.29, 1.82) is 0 Å². The minimum atomic E-state index is -0.208. The summed E-state index contributed by atoms with van der Waals surface area (Å²) >= 11 is 0. The Balaban J connectivity index is 0.00000210. The van der Waals surface area contributed by atoms with Crippen LogP contribution in [0.4, 0.5) is 0 Å². The van der Waals surface area contributed by atoms with E-state index in [4.69, 9.17) is 15.8 Å². The highest BCUT2D eigenvalue weighted by Crippen LogP contribution is 2.30. The van der Waals surface area contributed by atoms with Crippen molar-refractivity contribution in [3.63, 3.8) is 0 Å². The third-order valence-corrected chi connectivity index (χ3v) is 5.45. The van der Waals surface area contributed by atoms with Gasteiger partial charge >= 0.3 is 0 Å². The van der Waals surface area contributed by atoms with Crippen LogP contribution in [0.5, 0.6) is 0 Å². The number of pyridine rings is 1. The van der Waals surface area contributed by atoms with Crippen LogP contribution in [0.25, 0.3) is 11.0 Å². The molecule has 1 aliphatic rings. The molecule has 8 heteroatoms. The van der Waals surface area contributed by atoms with Crippen molar-refractivity contribution in [2.45, 2.75) is 78.3 Å². The zero-order chi connectivity index (χ0) is 19.9. The lowest BCUT2D eigenvalue weighted by molar-refractivity contribution is 0.0625. The number of aromatic nitrogens is 3. The van der Waals surface area contributed by atoms with Gasteiger partial charge in [0.2, 0.25) is 0 Å². The summed E-state index contributed by atoms with van der Waals surface area (Å²) in [5.41, 5.74) is 9.06. The molecule has 6 nitrogen and oxygen atoms in total. The van der Waals surface area contributed by atoms with Crippen molar-refractivity contribution in [1.82, 2.24) is 19.7 Å². The van der Waals surface area contributed by atoms with E-state index < -0.39 is 0 Å². The number of nitrogens with two attached hydrogens (primary N) is 1. The van der Waals surface area contributed by atoms with E-state index in [-0.39, 0.29) is 48.2 Å². The molecule has 3 heterocycles. The van der Waals surface area contributed by atoms with Crippen LogP contribution in [0.1, 0.15) is 81.5 Å². The molecule has 0 radical (unpaired) electrons. The largest absolute Gasteiger partial charge is 0.334 e. The van der Waals surface area contributed by atoms with E-state index in [2.05, 4.69) is 34.6 Å². The maximum atomic E-state index is 13.6. The molecule has 3 rings (SSSR count). The second-order valence-electron chi connectivity index (χ2n) is 9.00. The van der Waals surface area contributed by atoms with Crippen LogP contribution in [-0.2, 0) is 5.54 Å². The van der Waals surface area contributed by atoms with Crippen LogP contribution in [0.3, 0.4) is 0 Å². The van der Waals surface area contributed by atoms with Gasteiger partial charge in [-0.25, -0.2) is 9.67 Å². The lowest BCUT2D eigenvalue weighted by Gasteiger charge is -2.35. The van der Waals surface area contributed by atoms with Gasteiger partial charge in [-0.2, -0.15) is 5.10 Å². The first-order valence-corrected chi connectivity index (χ1v) is 10.1. The van der Waals surface area contributed by atoms with Gasteiger partial charge in [0.1, 0.15) is 0 Å². The van der Waals surface area contributed by atoms with Gasteiger partial charge in [-0.1, -0.05) is 13.8 Å². The van der Waals surface area contributed by atoms with Gasteiger partial charge < -0.3 is 10.6 Å². The molecule has 0 spiro atoms. The van der Waals surface area contributed by atoms with Crippen molar-refractivity contribution in [2.24, 2.45) is 5.73 Å². The number of carbonyl (C=O) groups excluding carboxylic acids is 1. The number of hydrogen-bond acceptors (Lipinski definition) is 4. The van der Waals surface area contributed by atoms with Gasteiger partial charge in [-0.15, -0.1) is 24.8 Å². The smallest absolute Gasteiger partial charge is 0.255 e. The molecule has 0 bridgehead atoms. The highest BCUT2D eigenvalue weighted by molar-refractivity contribution is 6.06. The summed E-state index contributed by atoms with van der Waals surface area (Å²) in [6.07, 6.45) is 3.15. The number of nitrogens with zero attached hydrogens (tertiary/aromatic N) is 4. The quantitative estimate of drug-likeness (QED) is 0.761. The zero-order valence-corrected chi connectivity index (χ0v) is 20.0. The number of aryl methyl sites for hydroxylation is 1. The first-order valence-electron chi connectivity index (χ1n) is 10.1. The summed E-state index contributed by atoms with van der Waals surface area (Å²) in [7, 11) is 0. The second kappa shape index (κ2) is 9.63. The van der Waals surface area contributed by atoms with Crippen LogP contribution >= 0.6 is 24.8 Å². The summed E-state index contributed by atoms with van der Waals surface area (Å²) < 4.78 is 1.96. The molecular formula is C21H35Cl2N5O. The van der Waals surface area contributed by atoms with Crippen LogP contribution in [0.2, 0.25) is 0 Å². The van der Waals surface area contributed by atoms with E-state index >= 15 is 0 Å². The van der Waals surface area contributed by atoms with Gasteiger partial charge in [0, 0.05) is 24.8 Å². The number of hydrogen-bond donors (Lipinski definition) is 1. The average Bonchev–Trinajstić information content (AvgIpc) is 2.97. The minimum Gasteiger partial charge on any atom is -0.334 e. The summed E-state index contributed by atoms with van der Waals surface area (Å²) in [5, 5.41) is 5.62. The van der Waals surface area contributed by atoms with Crippen LogP contribution in [-0.4, -0.2) is 44.7 Å². The van der Waals surface area contributed by atoms with Gasteiger partial charge in [-0.05, 0) is 58.9 Å². The SMILES string of the molecule is Cc1nn(C(C)(C)C)c2nc(C(C)C)cc(C(=O)N3CCCCC3CN)c12.Cl.Cl. The van der Waals surface area contributed by atoms with Crippen molar-refractivity contribution in [3.8, 4) is 0 Å². The Morgan fingerprint density at radius 3 is 2.48 bits per heavy atom. The molecule has 164 valence electrons. The van der Waals surface area contributed by atoms with E-state index in [9.17, 15) is 4.79 Å². The van der Waals surface area contributed by atoms with Crippen LogP contribution < -0.4 is 5.73 Å². The monoisotopic (exact) mass is 443 g/mol. The minimum absolute atomic E-state index is 0. The number of rotatable bonds is 3. The Hall–Kier alpha value is -1.37. The van der Waals surface area contributed by atoms with E-state index in [1.165, 1.54) is 0 Å². The number of piperidine rings is 1. The Morgan fingerprint density at radius 2 is 1.93 bits per heavy atom. The Morgan fingerprint density at radius 1 is 1.28 bits per heavy atom. The molecule has 1 amide bonds. The number of halogens is 2.